The second kappa shape index (κ2) is 5.49. The molecule has 1 aromatic rings. The number of benzene rings is 1. The zero-order chi connectivity index (χ0) is 16.9. The third kappa shape index (κ3) is 2.52. The Balaban J connectivity index is 1.60. The van der Waals surface area contributed by atoms with Crippen LogP contribution in [0.3, 0.4) is 0 Å². The van der Waals surface area contributed by atoms with Crippen LogP contribution >= 0.6 is 15.9 Å². The molecule has 4 fully saturated rings. The first-order chi connectivity index (χ1) is 11.5. The Morgan fingerprint density at radius 3 is 2.54 bits per heavy atom. The van der Waals surface area contributed by atoms with Gasteiger partial charge in [-0.05, 0) is 62.5 Å². The largest absolute Gasteiger partial charge is 0.493 e. The molecule has 0 N–H and O–H groups in total. The zero-order valence-electron chi connectivity index (χ0n) is 13.7. The lowest BCUT2D eigenvalue weighted by atomic mass is 9.49. The van der Waals surface area contributed by atoms with Crippen LogP contribution in [0.1, 0.15) is 44.1 Å². The summed E-state index contributed by atoms with van der Waals surface area (Å²) in [5.74, 6) is 1.95. The van der Waals surface area contributed by atoms with Crippen LogP contribution in [0.25, 0.3) is 0 Å². The standard InChI is InChI=1S/C19H20BrNO3/c1-23-16-5-12(10-21)2-3-15(16)24-17(22)18-6-13-4-14(7-18)9-19(20,8-13)11-18/h2-3,5,13-14H,4,6-9,11H2,1H3. The number of methoxy groups -OCH3 is 1. The summed E-state index contributed by atoms with van der Waals surface area (Å²) in [6, 6.07) is 6.98. The Morgan fingerprint density at radius 1 is 1.25 bits per heavy atom. The molecule has 0 amide bonds. The maximum absolute atomic E-state index is 13.1. The first kappa shape index (κ1) is 16.0. The maximum Gasteiger partial charge on any atom is 0.317 e. The minimum Gasteiger partial charge on any atom is -0.493 e. The first-order valence-electron chi connectivity index (χ1n) is 8.45. The topological polar surface area (TPSA) is 59.3 Å². The molecule has 0 aromatic heterocycles. The Hall–Kier alpha value is -1.54. The molecule has 0 spiro atoms. The number of hydrogen-bond donors (Lipinski definition) is 0. The highest BCUT2D eigenvalue weighted by molar-refractivity contribution is 9.10. The highest BCUT2D eigenvalue weighted by atomic mass is 79.9. The number of esters is 1. The minimum atomic E-state index is -0.369. The maximum atomic E-state index is 13.1. The summed E-state index contributed by atoms with van der Waals surface area (Å²) in [7, 11) is 1.52. The molecule has 0 saturated heterocycles. The van der Waals surface area contributed by atoms with E-state index in [1.807, 2.05) is 0 Å². The summed E-state index contributed by atoms with van der Waals surface area (Å²) >= 11 is 3.92. The predicted molar refractivity (Wildman–Crippen MR) is 92.1 cm³/mol. The van der Waals surface area contributed by atoms with Crippen LogP contribution in [-0.4, -0.2) is 17.4 Å². The third-order valence-corrected chi connectivity index (χ3v) is 6.85. The third-order valence-electron chi connectivity index (χ3n) is 5.92. The number of ether oxygens (including phenoxy) is 2. The monoisotopic (exact) mass is 389 g/mol. The normalized spacial score (nSPS) is 36.2. The molecule has 0 aliphatic heterocycles. The lowest BCUT2D eigenvalue weighted by Gasteiger charge is -2.58. The average Bonchev–Trinajstić information content (AvgIpc) is 2.52. The van der Waals surface area contributed by atoms with E-state index < -0.39 is 0 Å². The van der Waals surface area contributed by atoms with E-state index in [-0.39, 0.29) is 15.7 Å². The second-order valence-corrected chi connectivity index (χ2v) is 9.44. The van der Waals surface area contributed by atoms with Crippen molar-refractivity contribution in [2.75, 3.05) is 7.11 Å². The average molecular weight is 390 g/mol. The van der Waals surface area contributed by atoms with Crippen LogP contribution in [0.15, 0.2) is 18.2 Å². The molecule has 4 bridgehead atoms. The van der Waals surface area contributed by atoms with Gasteiger partial charge in [-0.25, -0.2) is 0 Å². The zero-order valence-corrected chi connectivity index (χ0v) is 15.3. The number of rotatable bonds is 3. The van der Waals surface area contributed by atoms with Gasteiger partial charge in [0.1, 0.15) is 0 Å². The van der Waals surface area contributed by atoms with Gasteiger partial charge in [-0.15, -0.1) is 0 Å². The number of halogens is 1. The van der Waals surface area contributed by atoms with Gasteiger partial charge in [0, 0.05) is 10.4 Å². The van der Waals surface area contributed by atoms with Crippen molar-refractivity contribution in [3.05, 3.63) is 23.8 Å². The van der Waals surface area contributed by atoms with E-state index in [1.165, 1.54) is 26.4 Å². The lowest BCUT2D eigenvalue weighted by Crippen LogP contribution is -2.56. The van der Waals surface area contributed by atoms with E-state index >= 15 is 0 Å². The number of nitrogens with zero attached hydrogens (tertiary/aromatic N) is 1. The minimum absolute atomic E-state index is 0.116. The fraction of sp³-hybridized carbons (Fsp3) is 0.579. The van der Waals surface area contributed by atoms with Crippen molar-refractivity contribution in [1.29, 1.82) is 5.26 Å². The number of carbonyl (C=O) groups excluding carboxylic acids is 1. The van der Waals surface area contributed by atoms with E-state index in [9.17, 15) is 4.79 Å². The first-order valence-corrected chi connectivity index (χ1v) is 9.24. The van der Waals surface area contributed by atoms with Crippen molar-refractivity contribution in [3.63, 3.8) is 0 Å². The van der Waals surface area contributed by atoms with Crippen LogP contribution < -0.4 is 9.47 Å². The fourth-order valence-corrected chi connectivity index (χ4v) is 6.87. The Morgan fingerprint density at radius 2 is 1.96 bits per heavy atom. The van der Waals surface area contributed by atoms with Gasteiger partial charge in [-0.1, -0.05) is 15.9 Å². The summed E-state index contributed by atoms with van der Waals surface area (Å²) in [5.41, 5.74) is 0.118. The Bertz CT molecular complexity index is 725. The molecule has 1 aromatic carbocycles. The van der Waals surface area contributed by atoms with E-state index in [2.05, 4.69) is 22.0 Å². The van der Waals surface area contributed by atoms with Crippen molar-refractivity contribution in [3.8, 4) is 17.6 Å². The van der Waals surface area contributed by atoms with Gasteiger partial charge in [-0.2, -0.15) is 5.26 Å². The quantitative estimate of drug-likeness (QED) is 0.441. The molecule has 0 radical (unpaired) electrons. The summed E-state index contributed by atoms with van der Waals surface area (Å²) in [4.78, 5) is 13.1. The predicted octanol–water partition coefficient (Wildman–Crippen LogP) is 4.21. The summed E-state index contributed by atoms with van der Waals surface area (Å²) < 4.78 is 11.2. The molecule has 2 unspecified atom stereocenters. The molecule has 126 valence electrons. The van der Waals surface area contributed by atoms with Gasteiger partial charge in [0.2, 0.25) is 0 Å². The van der Waals surface area contributed by atoms with Crippen molar-refractivity contribution >= 4 is 21.9 Å². The molecule has 0 heterocycles. The molecule has 4 aliphatic carbocycles. The summed E-state index contributed by atoms with van der Waals surface area (Å²) in [6.45, 7) is 0. The number of nitriles is 1. The number of hydrogen-bond acceptors (Lipinski definition) is 4. The molecular weight excluding hydrogens is 370 g/mol. The fourth-order valence-electron chi connectivity index (χ4n) is 5.42. The van der Waals surface area contributed by atoms with Crippen LogP contribution in [0, 0.1) is 28.6 Å². The molecule has 24 heavy (non-hydrogen) atoms. The van der Waals surface area contributed by atoms with Crippen molar-refractivity contribution in [2.45, 2.75) is 42.8 Å². The van der Waals surface area contributed by atoms with Crippen LogP contribution in [-0.2, 0) is 4.79 Å². The van der Waals surface area contributed by atoms with Crippen LogP contribution in [0.2, 0.25) is 0 Å². The molecule has 5 rings (SSSR count). The number of carbonyl (C=O) groups is 1. The molecular formula is C19H20BrNO3. The van der Waals surface area contributed by atoms with Gasteiger partial charge in [0.15, 0.2) is 11.5 Å². The van der Waals surface area contributed by atoms with E-state index in [0.717, 1.165) is 19.3 Å². The van der Waals surface area contributed by atoms with Gasteiger partial charge < -0.3 is 9.47 Å². The summed E-state index contributed by atoms with van der Waals surface area (Å²) in [5, 5.41) is 8.99. The van der Waals surface area contributed by atoms with Gasteiger partial charge in [0.05, 0.1) is 24.2 Å². The summed E-state index contributed by atoms with van der Waals surface area (Å²) in [6.07, 6.45) is 6.35. The highest BCUT2D eigenvalue weighted by Gasteiger charge is 2.60. The number of alkyl halides is 1. The molecule has 4 saturated carbocycles. The van der Waals surface area contributed by atoms with Crippen LogP contribution in [0.4, 0.5) is 0 Å². The van der Waals surface area contributed by atoms with E-state index in [4.69, 9.17) is 14.7 Å². The van der Waals surface area contributed by atoms with Crippen molar-refractivity contribution in [2.24, 2.45) is 17.3 Å². The Labute approximate surface area is 150 Å². The van der Waals surface area contributed by atoms with Gasteiger partial charge in [0.25, 0.3) is 0 Å². The Kier molecular flexibility index (Phi) is 3.65. The molecule has 5 heteroatoms. The lowest BCUT2D eigenvalue weighted by molar-refractivity contribution is -0.159. The smallest absolute Gasteiger partial charge is 0.317 e. The SMILES string of the molecule is COc1cc(C#N)ccc1OC(=O)C12CC3CC(CC(Br)(C3)C1)C2. The van der Waals surface area contributed by atoms with E-state index in [1.54, 1.807) is 18.2 Å². The van der Waals surface area contributed by atoms with E-state index in [0.29, 0.717) is 28.9 Å². The van der Waals surface area contributed by atoms with Gasteiger partial charge in [-0.3, -0.25) is 4.79 Å². The molecule has 4 aliphatic rings. The van der Waals surface area contributed by atoms with Gasteiger partial charge >= 0.3 is 5.97 Å². The van der Waals surface area contributed by atoms with Crippen molar-refractivity contribution < 1.29 is 14.3 Å². The second-order valence-electron chi connectivity index (χ2n) is 7.76. The highest BCUT2D eigenvalue weighted by Crippen LogP contribution is 2.64. The van der Waals surface area contributed by atoms with Crippen LogP contribution in [0.5, 0.6) is 11.5 Å². The molecule has 4 nitrogen and oxygen atoms in total. The van der Waals surface area contributed by atoms with Crippen molar-refractivity contribution in [1.82, 2.24) is 0 Å². The molecule has 2 atom stereocenters.